The van der Waals surface area contributed by atoms with E-state index in [1.165, 1.54) is 0 Å². The van der Waals surface area contributed by atoms with E-state index >= 15 is 0 Å². The average molecular weight is 302 g/mol. The lowest BCUT2D eigenvalue weighted by Crippen LogP contribution is -2.19. The Balaban J connectivity index is 2.70. The zero-order valence-corrected chi connectivity index (χ0v) is 11.2. The highest BCUT2D eigenvalue weighted by atomic mass is 79.9. The lowest BCUT2D eigenvalue weighted by atomic mass is 10.3. The smallest absolute Gasteiger partial charge is 0.284 e. The number of benzene rings is 1. The van der Waals surface area contributed by atoms with Crippen molar-refractivity contribution in [1.29, 1.82) is 0 Å². The molecule has 0 N–H and O–H groups in total. The zero-order valence-electron chi connectivity index (χ0n) is 8.87. The highest BCUT2D eigenvalue weighted by Crippen LogP contribution is 2.16. The predicted octanol–water partition coefficient (Wildman–Crippen LogP) is 2.90. The van der Waals surface area contributed by atoms with Crippen molar-refractivity contribution in [2.45, 2.75) is 6.92 Å². The Morgan fingerprint density at radius 1 is 1.25 bits per heavy atom. The second-order valence-electron chi connectivity index (χ2n) is 3.52. The molecule has 2 rings (SSSR count). The zero-order chi connectivity index (χ0) is 11.9. The van der Waals surface area contributed by atoms with Gasteiger partial charge in [0, 0.05) is 12.1 Å². The number of aromatic nitrogens is 2. The van der Waals surface area contributed by atoms with Gasteiger partial charge in [0.1, 0.15) is 4.47 Å². The van der Waals surface area contributed by atoms with Crippen molar-refractivity contribution < 1.29 is 0 Å². The molecular formula is C11H10BrClN2O. The predicted molar refractivity (Wildman–Crippen MR) is 68.5 cm³/mol. The summed E-state index contributed by atoms with van der Waals surface area (Å²) in [5, 5.41) is 0.654. The monoisotopic (exact) mass is 300 g/mol. The van der Waals surface area contributed by atoms with Gasteiger partial charge in [0.2, 0.25) is 0 Å². The van der Waals surface area contributed by atoms with Gasteiger partial charge in [-0.25, -0.2) is 4.68 Å². The van der Waals surface area contributed by atoms with Crippen LogP contribution in [0.25, 0.3) is 5.69 Å². The van der Waals surface area contributed by atoms with Crippen molar-refractivity contribution in [3.05, 3.63) is 49.8 Å². The molecule has 16 heavy (non-hydrogen) atoms. The molecule has 5 heteroatoms. The number of halogens is 2. The molecular weight excluding hydrogens is 291 g/mol. The topological polar surface area (TPSA) is 26.9 Å². The summed E-state index contributed by atoms with van der Waals surface area (Å²) in [6.07, 6.45) is 0. The van der Waals surface area contributed by atoms with Crippen LogP contribution in [0.4, 0.5) is 0 Å². The van der Waals surface area contributed by atoms with Gasteiger partial charge in [-0.2, -0.15) is 0 Å². The standard InChI is InChI=1S/C11H10BrClN2O/c1-7-10(12)11(16)15(14(7)2)9-5-3-8(13)4-6-9/h3-6H,1-2H3. The maximum atomic E-state index is 12.0. The Hall–Kier alpha value is -1.00. The Bertz CT molecular complexity index is 583. The van der Waals surface area contributed by atoms with Gasteiger partial charge in [0.25, 0.3) is 5.56 Å². The van der Waals surface area contributed by atoms with Crippen molar-refractivity contribution in [2.75, 3.05) is 0 Å². The van der Waals surface area contributed by atoms with Crippen LogP contribution < -0.4 is 5.56 Å². The van der Waals surface area contributed by atoms with E-state index in [9.17, 15) is 4.79 Å². The summed E-state index contributed by atoms with van der Waals surface area (Å²) >= 11 is 9.09. The van der Waals surface area contributed by atoms with Crippen molar-refractivity contribution in [3.63, 3.8) is 0 Å². The Morgan fingerprint density at radius 2 is 1.81 bits per heavy atom. The number of hydrogen-bond donors (Lipinski definition) is 0. The Labute approximate surface area is 106 Å². The summed E-state index contributed by atoms with van der Waals surface area (Å²) < 4.78 is 3.98. The van der Waals surface area contributed by atoms with E-state index in [2.05, 4.69) is 15.9 Å². The summed E-state index contributed by atoms with van der Waals surface area (Å²) in [6, 6.07) is 7.16. The van der Waals surface area contributed by atoms with Crippen LogP contribution in [0.1, 0.15) is 5.69 Å². The lowest BCUT2D eigenvalue weighted by Gasteiger charge is -2.07. The molecule has 2 aromatic rings. The fraction of sp³-hybridized carbons (Fsp3) is 0.182. The summed E-state index contributed by atoms with van der Waals surface area (Å²) in [7, 11) is 1.84. The minimum Gasteiger partial charge on any atom is -0.284 e. The second kappa shape index (κ2) is 4.11. The molecule has 0 atom stereocenters. The molecule has 84 valence electrons. The Morgan fingerprint density at radius 3 is 2.25 bits per heavy atom. The highest BCUT2D eigenvalue weighted by molar-refractivity contribution is 9.10. The van der Waals surface area contributed by atoms with E-state index in [0.29, 0.717) is 9.50 Å². The maximum absolute atomic E-state index is 12.0. The number of hydrogen-bond acceptors (Lipinski definition) is 1. The van der Waals surface area contributed by atoms with Crippen molar-refractivity contribution in [1.82, 2.24) is 9.36 Å². The van der Waals surface area contributed by atoms with Crippen LogP contribution >= 0.6 is 27.5 Å². The first-order chi connectivity index (χ1) is 7.52. The molecule has 0 fully saturated rings. The van der Waals surface area contributed by atoms with Gasteiger partial charge < -0.3 is 0 Å². The average Bonchev–Trinajstić information content (AvgIpc) is 2.46. The maximum Gasteiger partial charge on any atom is 0.285 e. The summed E-state index contributed by atoms with van der Waals surface area (Å²) in [5.74, 6) is 0. The minimum atomic E-state index is -0.0673. The molecule has 0 radical (unpaired) electrons. The van der Waals surface area contributed by atoms with E-state index in [4.69, 9.17) is 11.6 Å². The summed E-state index contributed by atoms with van der Waals surface area (Å²) in [5.41, 5.74) is 1.62. The van der Waals surface area contributed by atoms with Gasteiger partial charge in [-0.05, 0) is 47.1 Å². The van der Waals surface area contributed by atoms with E-state index in [1.807, 2.05) is 26.1 Å². The number of nitrogens with zero attached hydrogens (tertiary/aromatic N) is 2. The van der Waals surface area contributed by atoms with Crippen LogP contribution in [-0.2, 0) is 7.05 Å². The van der Waals surface area contributed by atoms with Crippen LogP contribution in [0, 0.1) is 6.92 Å². The van der Waals surface area contributed by atoms with E-state index in [1.54, 1.807) is 21.5 Å². The third-order valence-electron chi connectivity index (χ3n) is 2.55. The molecule has 1 aromatic heterocycles. The third kappa shape index (κ3) is 1.72. The molecule has 0 unspecified atom stereocenters. The van der Waals surface area contributed by atoms with Gasteiger partial charge in [-0.15, -0.1) is 0 Å². The molecule has 0 aliphatic carbocycles. The van der Waals surface area contributed by atoms with Gasteiger partial charge in [-0.3, -0.25) is 9.48 Å². The van der Waals surface area contributed by atoms with Gasteiger partial charge >= 0.3 is 0 Å². The van der Waals surface area contributed by atoms with Crippen LogP contribution in [-0.4, -0.2) is 9.36 Å². The normalized spacial score (nSPS) is 10.8. The Kier molecular flexibility index (Phi) is 2.95. The summed E-state index contributed by atoms with van der Waals surface area (Å²) in [6.45, 7) is 1.89. The molecule has 0 spiro atoms. The molecule has 0 bridgehead atoms. The molecule has 1 aromatic carbocycles. The first-order valence-corrected chi connectivity index (χ1v) is 5.89. The molecule has 0 aliphatic rings. The lowest BCUT2D eigenvalue weighted by molar-refractivity contribution is 0.630. The SMILES string of the molecule is Cc1c(Br)c(=O)n(-c2ccc(Cl)cc2)n1C. The second-order valence-corrected chi connectivity index (χ2v) is 4.75. The largest absolute Gasteiger partial charge is 0.285 e. The van der Waals surface area contributed by atoms with Crippen LogP contribution in [0.2, 0.25) is 5.02 Å². The minimum absolute atomic E-state index is 0.0673. The van der Waals surface area contributed by atoms with Gasteiger partial charge in [0.05, 0.1) is 11.4 Å². The highest BCUT2D eigenvalue weighted by Gasteiger charge is 2.13. The molecule has 3 nitrogen and oxygen atoms in total. The van der Waals surface area contributed by atoms with Crippen LogP contribution in [0.3, 0.4) is 0 Å². The molecule has 0 saturated heterocycles. The fourth-order valence-electron chi connectivity index (χ4n) is 1.55. The number of rotatable bonds is 1. The first kappa shape index (κ1) is 11.5. The van der Waals surface area contributed by atoms with Crippen molar-refractivity contribution in [2.24, 2.45) is 7.05 Å². The third-order valence-corrected chi connectivity index (χ3v) is 3.72. The van der Waals surface area contributed by atoms with E-state index in [0.717, 1.165) is 11.4 Å². The van der Waals surface area contributed by atoms with Crippen LogP contribution in [0.5, 0.6) is 0 Å². The molecule has 0 amide bonds. The fourth-order valence-corrected chi connectivity index (χ4v) is 2.10. The van der Waals surface area contributed by atoms with Gasteiger partial charge in [0.15, 0.2) is 0 Å². The molecule has 1 heterocycles. The van der Waals surface area contributed by atoms with Crippen molar-refractivity contribution >= 4 is 27.5 Å². The van der Waals surface area contributed by atoms with Crippen LogP contribution in [0.15, 0.2) is 33.5 Å². The first-order valence-electron chi connectivity index (χ1n) is 4.72. The summed E-state index contributed by atoms with van der Waals surface area (Å²) in [4.78, 5) is 12.0. The quantitative estimate of drug-likeness (QED) is 0.795. The van der Waals surface area contributed by atoms with Crippen molar-refractivity contribution in [3.8, 4) is 5.69 Å². The van der Waals surface area contributed by atoms with E-state index in [-0.39, 0.29) is 5.56 Å². The molecule has 0 saturated carbocycles. The van der Waals surface area contributed by atoms with E-state index < -0.39 is 0 Å². The molecule has 0 aliphatic heterocycles. The van der Waals surface area contributed by atoms with Gasteiger partial charge in [-0.1, -0.05) is 11.6 Å².